The molecule has 0 radical (unpaired) electrons. The highest BCUT2D eigenvalue weighted by atomic mass is 16.2. The number of carbonyl (C=O) groups is 2. The fourth-order valence-corrected chi connectivity index (χ4v) is 3.06. The highest BCUT2D eigenvalue weighted by Gasteiger charge is 2.26. The number of hydrogen-bond donors (Lipinski definition) is 1. The lowest BCUT2D eigenvalue weighted by Crippen LogP contribution is -2.43. The average molecular weight is 316 g/mol. The van der Waals surface area contributed by atoms with Crippen LogP contribution in [0.5, 0.6) is 0 Å². The Hall–Kier alpha value is -1.84. The van der Waals surface area contributed by atoms with Crippen molar-refractivity contribution in [3.63, 3.8) is 0 Å². The van der Waals surface area contributed by atoms with Crippen molar-refractivity contribution >= 4 is 11.8 Å². The Balaban J connectivity index is 1.74. The molecular weight excluding hydrogens is 288 g/mol. The Bertz CT molecular complexity index is 534. The molecule has 126 valence electrons. The largest absolute Gasteiger partial charge is 0.356 e. The van der Waals surface area contributed by atoms with E-state index in [4.69, 9.17) is 0 Å². The van der Waals surface area contributed by atoms with E-state index < -0.39 is 0 Å². The van der Waals surface area contributed by atoms with Gasteiger partial charge in [0.2, 0.25) is 11.8 Å². The number of benzene rings is 1. The second-order valence-electron chi connectivity index (χ2n) is 6.44. The predicted molar refractivity (Wildman–Crippen MR) is 92.1 cm³/mol. The van der Waals surface area contributed by atoms with E-state index in [1.165, 1.54) is 11.1 Å². The summed E-state index contributed by atoms with van der Waals surface area (Å²) < 4.78 is 0. The molecule has 0 atom stereocenters. The van der Waals surface area contributed by atoms with Gasteiger partial charge in [0.1, 0.15) is 0 Å². The molecule has 1 aliphatic rings. The van der Waals surface area contributed by atoms with Gasteiger partial charge in [0.05, 0.1) is 0 Å². The van der Waals surface area contributed by atoms with Gasteiger partial charge in [-0.1, -0.05) is 36.8 Å². The summed E-state index contributed by atoms with van der Waals surface area (Å²) >= 11 is 0. The van der Waals surface area contributed by atoms with E-state index in [9.17, 15) is 9.59 Å². The summed E-state index contributed by atoms with van der Waals surface area (Å²) in [6, 6.07) is 8.32. The summed E-state index contributed by atoms with van der Waals surface area (Å²) in [6.45, 7) is 6.28. The Morgan fingerprint density at radius 2 is 2.00 bits per heavy atom. The second-order valence-corrected chi connectivity index (χ2v) is 6.44. The van der Waals surface area contributed by atoms with E-state index >= 15 is 0 Å². The first kappa shape index (κ1) is 17.5. The first-order valence-corrected chi connectivity index (χ1v) is 8.71. The molecule has 1 fully saturated rings. The molecule has 4 heteroatoms. The van der Waals surface area contributed by atoms with Crippen LogP contribution in [0.3, 0.4) is 0 Å². The molecule has 0 bridgehead atoms. The monoisotopic (exact) mass is 316 g/mol. The van der Waals surface area contributed by atoms with Crippen LogP contribution in [0.4, 0.5) is 0 Å². The lowest BCUT2D eigenvalue weighted by molar-refractivity contribution is -0.135. The summed E-state index contributed by atoms with van der Waals surface area (Å²) in [4.78, 5) is 26.2. The molecule has 1 heterocycles. The van der Waals surface area contributed by atoms with E-state index in [0.717, 1.165) is 32.2 Å². The quantitative estimate of drug-likeness (QED) is 0.877. The lowest BCUT2D eigenvalue weighted by Gasteiger charge is -2.31. The molecule has 2 rings (SSSR count). The zero-order chi connectivity index (χ0) is 16.7. The minimum Gasteiger partial charge on any atom is -0.356 e. The van der Waals surface area contributed by atoms with Crippen LogP contribution in [0.2, 0.25) is 0 Å². The van der Waals surface area contributed by atoms with E-state index in [2.05, 4.69) is 37.4 Å². The van der Waals surface area contributed by atoms with Gasteiger partial charge < -0.3 is 10.2 Å². The van der Waals surface area contributed by atoms with Crippen LogP contribution in [0.1, 0.15) is 43.7 Å². The van der Waals surface area contributed by atoms with Gasteiger partial charge in [0, 0.05) is 32.0 Å². The number of nitrogens with one attached hydrogen (secondary N) is 1. The molecule has 1 aliphatic heterocycles. The van der Waals surface area contributed by atoms with E-state index in [1.807, 2.05) is 11.0 Å². The number of carbonyl (C=O) groups excluding carboxylic acids is 2. The number of likely N-dealkylation sites (tertiary alicyclic amines) is 1. The van der Waals surface area contributed by atoms with Crippen LogP contribution in [-0.2, 0) is 16.0 Å². The molecule has 1 aromatic rings. The first-order valence-electron chi connectivity index (χ1n) is 8.71. The van der Waals surface area contributed by atoms with Crippen LogP contribution in [0.15, 0.2) is 24.3 Å². The van der Waals surface area contributed by atoms with Gasteiger partial charge in [-0.15, -0.1) is 0 Å². The van der Waals surface area contributed by atoms with Gasteiger partial charge in [-0.05, 0) is 38.2 Å². The third kappa shape index (κ3) is 5.38. The molecule has 0 unspecified atom stereocenters. The maximum absolute atomic E-state index is 12.3. The van der Waals surface area contributed by atoms with Crippen molar-refractivity contribution in [2.45, 2.75) is 46.0 Å². The molecule has 0 aromatic heterocycles. The zero-order valence-corrected chi connectivity index (χ0v) is 14.3. The van der Waals surface area contributed by atoms with Gasteiger partial charge in [-0.25, -0.2) is 0 Å². The van der Waals surface area contributed by atoms with Crippen molar-refractivity contribution < 1.29 is 9.59 Å². The van der Waals surface area contributed by atoms with E-state index in [-0.39, 0.29) is 17.7 Å². The molecule has 1 saturated heterocycles. The summed E-state index contributed by atoms with van der Waals surface area (Å²) in [5, 5.41) is 2.96. The lowest BCUT2D eigenvalue weighted by atomic mass is 9.95. The van der Waals surface area contributed by atoms with Crippen LogP contribution < -0.4 is 5.32 Å². The molecule has 0 aliphatic carbocycles. The van der Waals surface area contributed by atoms with Crippen LogP contribution in [0.25, 0.3) is 0 Å². The Morgan fingerprint density at radius 3 is 2.65 bits per heavy atom. The molecule has 1 N–H and O–H groups in total. The maximum Gasteiger partial charge on any atom is 0.223 e. The van der Waals surface area contributed by atoms with Crippen molar-refractivity contribution in [2.75, 3.05) is 19.6 Å². The summed E-state index contributed by atoms with van der Waals surface area (Å²) in [5.41, 5.74) is 2.45. The highest BCUT2D eigenvalue weighted by molar-refractivity contribution is 5.80. The summed E-state index contributed by atoms with van der Waals surface area (Å²) in [5.74, 6) is 0.431. The zero-order valence-electron chi connectivity index (χ0n) is 14.3. The normalized spacial score (nSPS) is 15.5. The van der Waals surface area contributed by atoms with Crippen LogP contribution in [0, 0.1) is 12.8 Å². The minimum atomic E-state index is 0.0716. The van der Waals surface area contributed by atoms with Crippen molar-refractivity contribution in [3.8, 4) is 0 Å². The average Bonchev–Trinajstić information content (AvgIpc) is 2.57. The number of amides is 2. The Morgan fingerprint density at radius 1 is 1.26 bits per heavy atom. The van der Waals surface area contributed by atoms with Gasteiger partial charge in [-0.3, -0.25) is 9.59 Å². The van der Waals surface area contributed by atoms with Gasteiger partial charge in [0.25, 0.3) is 0 Å². The third-order valence-electron chi connectivity index (χ3n) is 4.48. The Labute approximate surface area is 139 Å². The number of nitrogens with zero attached hydrogens (tertiary/aromatic N) is 1. The molecule has 0 saturated carbocycles. The molecule has 2 amide bonds. The summed E-state index contributed by atoms with van der Waals surface area (Å²) in [6.07, 6.45) is 3.87. The number of rotatable bonds is 6. The van der Waals surface area contributed by atoms with Crippen molar-refractivity contribution in [1.82, 2.24) is 10.2 Å². The van der Waals surface area contributed by atoms with E-state index in [0.29, 0.717) is 19.5 Å². The SMILES string of the molecule is CCCNC(=O)C1CCN(C(=O)CCc2cccc(C)c2)CC1. The number of hydrogen-bond acceptors (Lipinski definition) is 2. The highest BCUT2D eigenvalue weighted by Crippen LogP contribution is 2.18. The molecule has 0 spiro atoms. The Kier molecular flexibility index (Phi) is 6.63. The second kappa shape index (κ2) is 8.70. The fourth-order valence-electron chi connectivity index (χ4n) is 3.06. The van der Waals surface area contributed by atoms with Crippen molar-refractivity contribution in [3.05, 3.63) is 35.4 Å². The third-order valence-corrected chi connectivity index (χ3v) is 4.48. The van der Waals surface area contributed by atoms with Gasteiger partial charge in [0.15, 0.2) is 0 Å². The van der Waals surface area contributed by atoms with Crippen LogP contribution >= 0.6 is 0 Å². The fraction of sp³-hybridized carbons (Fsp3) is 0.579. The predicted octanol–water partition coefficient (Wildman–Crippen LogP) is 2.69. The van der Waals surface area contributed by atoms with Crippen molar-refractivity contribution in [2.24, 2.45) is 5.92 Å². The van der Waals surface area contributed by atoms with Gasteiger partial charge >= 0.3 is 0 Å². The van der Waals surface area contributed by atoms with Crippen LogP contribution in [-0.4, -0.2) is 36.3 Å². The molecule has 4 nitrogen and oxygen atoms in total. The summed E-state index contributed by atoms with van der Waals surface area (Å²) in [7, 11) is 0. The van der Waals surface area contributed by atoms with E-state index in [1.54, 1.807) is 0 Å². The van der Waals surface area contributed by atoms with Crippen molar-refractivity contribution in [1.29, 1.82) is 0 Å². The van der Waals surface area contributed by atoms with Gasteiger partial charge in [-0.2, -0.15) is 0 Å². The minimum absolute atomic E-state index is 0.0716. The topological polar surface area (TPSA) is 49.4 Å². The first-order chi connectivity index (χ1) is 11.1. The smallest absolute Gasteiger partial charge is 0.223 e. The molecule has 1 aromatic carbocycles. The standard InChI is InChI=1S/C19H28N2O2/c1-3-11-20-19(23)17-9-12-21(13-10-17)18(22)8-7-16-6-4-5-15(2)14-16/h4-6,14,17H,3,7-13H2,1-2H3,(H,20,23). The maximum atomic E-state index is 12.3. The molecule has 23 heavy (non-hydrogen) atoms. The number of piperidine rings is 1. The number of aryl methyl sites for hydroxylation is 2. The molecular formula is C19H28N2O2.